The molecule has 4 heteroatoms. The Labute approximate surface area is 240 Å². The van der Waals surface area contributed by atoms with Crippen molar-refractivity contribution < 1.29 is 4.42 Å². The quantitative estimate of drug-likeness (QED) is 0.221. The number of thiazole rings is 1. The minimum absolute atomic E-state index is 0.885. The van der Waals surface area contributed by atoms with Crippen molar-refractivity contribution in [1.82, 2.24) is 4.98 Å². The largest absolute Gasteiger partial charge is 0.456 e. The SMILES string of the molecule is c1ccc(-c2nc3c(s2)-c2cccc4c(N(c5ccccc5)c5ccc6c(c5)oc5ccccc56)ccc-3c24)cc1. The van der Waals surface area contributed by atoms with Gasteiger partial charge in [-0.3, -0.25) is 0 Å². The Morgan fingerprint density at radius 1 is 0.561 bits per heavy atom. The molecule has 9 rings (SSSR count). The van der Waals surface area contributed by atoms with Gasteiger partial charge in [0.05, 0.1) is 16.3 Å². The summed E-state index contributed by atoms with van der Waals surface area (Å²) in [4.78, 5) is 8.72. The van der Waals surface area contributed by atoms with Gasteiger partial charge in [-0.05, 0) is 36.4 Å². The second-order valence-corrected chi connectivity index (χ2v) is 11.4. The highest BCUT2D eigenvalue weighted by Crippen LogP contribution is 2.54. The van der Waals surface area contributed by atoms with Crippen LogP contribution in [0.15, 0.2) is 138 Å². The van der Waals surface area contributed by atoms with Crippen molar-refractivity contribution >= 4 is 61.1 Å². The molecule has 0 fully saturated rings. The molecule has 0 bridgehead atoms. The second kappa shape index (κ2) is 8.65. The number of furan rings is 1. The number of hydrogen-bond donors (Lipinski definition) is 0. The summed E-state index contributed by atoms with van der Waals surface area (Å²) in [5, 5.41) is 5.80. The Hall–Kier alpha value is -5.19. The standard InChI is InChI=1S/C37H22N2OS/c1-3-10-23(11-4-1)37-38-35-29-20-21-31(28-15-9-16-30(34(28)29)36(35)41-37)39(24-12-5-2-6-13-24)25-18-19-27-26-14-7-8-17-32(26)40-33(27)22-25/h1-22H. The average Bonchev–Trinajstić information content (AvgIpc) is 3.71. The van der Waals surface area contributed by atoms with Crippen LogP contribution in [0.3, 0.4) is 0 Å². The fourth-order valence-corrected chi connectivity index (χ4v) is 7.34. The van der Waals surface area contributed by atoms with Gasteiger partial charge in [0.15, 0.2) is 0 Å². The topological polar surface area (TPSA) is 29.3 Å². The molecule has 0 amide bonds. The van der Waals surface area contributed by atoms with E-state index in [-0.39, 0.29) is 0 Å². The van der Waals surface area contributed by atoms with Crippen LogP contribution in [-0.4, -0.2) is 4.98 Å². The molecule has 1 aliphatic rings. The third-order valence-electron chi connectivity index (χ3n) is 8.04. The predicted octanol–water partition coefficient (Wildman–Crippen LogP) is 11.0. The average molecular weight is 543 g/mol. The van der Waals surface area contributed by atoms with Crippen molar-refractivity contribution in [2.24, 2.45) is 0 Å². The monoisotopic (exact) mass is 542 g/mol. The van der Waals surface area contributed by atoms with E-state index in [1.54, 1.807) is 11.3 Å². The number of benzene rings is 6. The summed E-state index contributed by atoms with van der Waals surface area (Å²) in [5.41, 5.74) is 9.78. The molecule has 0 radical (unpaired) electrons. The molecule has 6 aromatic carbocycles. The maximum absolute atomic E-state index is 6.30. The minimum atomic E-state index is 0.885. The predicted molar refractivity (Wildman–Crippen MR) is 171 cm³/mol. The molecule has 0 saturated carbocycles. The van der Waals surface area contributed by atoms with Crippen molar-refractivity contribution in [3.63, 3.8) is 0 Å². The van der Waals surface area contributed by atoms with Crippen molar-refractivity contribution in [1.29, 1.82) is 0 Å². The normalized spacial score (nSPS) is 11.9. The molecule has 3 nitrogen and oxygen atoms in total. The Bertz CT molecular complexity index is 2240. The summed E-state index contributed by atoms with van der Waals surface area (Å²) in [7, 11) is 0. The van der Waals surface area contributed by atoms with Crippen LogP contribution in [-0.2, 0) is 0 Å². The summed E-state index contributed by atoms with van der Waals surface area (Å²) >= 11 is 1.78. The minimum Gasteiger partial charge on any atom is -0.456 e. The van der Waals surface area contributed by atoms with Gasteiger partial charge in [-0.2, -0.15) is 0 Å². The van der Waals surface area contributed by atoms with Crippen molar-refractivity contribution in [3.05, 3.63) is 133 Å². The van der Waals surface area contributed by atoms with Crippen LogP contribution in [0.4, 0.5) is 17.1 Å². The molecule has 192 valence electrons. The van der Waals surface area contributed by atoms with E-state index in [4.69, 9.17) is 9.40 Å². The fourth-order valence-electron chi connectivity index (χ4n) is 6.22. The van der Waals surface area contributed by atoms with Crippen molar-refractivity contribution in [3.8, 4) is 32.3 Å². The second-order valence-electron chi connectivity index (χ2n) is 10.4. The van der Waals surface area contributed by atoms with Gasteiger partial charge in [-0.1, -0.05) is 91.0 Å². The Kier molecular flexibility index (Phi) is 4.77. The zero-order valence-corrected chi connectivity index (χ0v) is 22.7. The van der Waals surface area contributed by atoms with Gasteiger partial charge in [0.2, 0.25) is 0 Å². The van der Waals surface area contributed by atoms with Crippen LogP contribution in [0.25, 0.3) is 65.0 Å². The summed E-state index contributed by atoms with van der Waals surface area (Å²) in [5.74, 6) is 0. The zero-order chi connectivity index (χ0) is 26.9. The maximum Gasteiger partial charge on any atom is 0.137 e. The number of anilines is 3. The molecule has 41 heavy (non-hydrogen) atoms. The molecular formula is C37H22N2OS. The van der Waals surface area contributed by atoms with Gasteiger partial charge in [0, 0.05) is 55.7 Å². The van der Waals surface area contributed by atoms with Crippen LogP contribution in [0.1, 0.15) is 0 Å². The first-order valence-corrected chi connectivity index (χ1v) is 14.5. The molecule has 0 atom stereocenters. The number of fused-ring (bicyclic) bond motifs is 6. The maximum atomic E-state index is 6.30. The number of para-hydroxylation sites is 2. The number of nitrogens with zero attached hydrogens (tertiary/aromatic N) is 2. The van der Waals surface area contributed by atoms with E-state index in [1.807, 2.05) is 18.2 Å². The van der Waals surface area contributed by atoms with Gasteiger partial charge in [-0.25, -0.2) is 4.98 Å². The summed E-state index contributed by atoms with van der Waals surface area (Å²) in [6, 6.07) is 46.9. The molecular weight excluding hydrogens is 520 g/mol. The fraction of sp³-hybridized carbons (Fsp3) is 0. The first kappa shape index (κ1) is 22.6. The molecule has 0 spiro atoms. The molecule has 0 unspecified atom stereocenters. The molecule has 0 aliphatic heterocycles. The molecule has 0 saturated heterocycles. The number of rotatable bonds is 4. The van der Waals surface area contributed by atoms with Gasteiger partial charge in [0.25, 0.3) is 0 Å². The molecule has 2 heterocycles. The lowest BCUT2D eigenvalue weighted by molar-refractivity contribution is 0.669. The van der Waals surface area contributed by atoms with Crippen LogP contribution < -0.4 is 4.90 Å². The van der Waals surface area contributed by atoms with Crippen LogP contribution >= 0.6 is 11.3 Å². The lowest BCUT2D eigenvalue weighted by Gasteiger charge is -2.27. The van der Waals surface area contributed by atoms with E-state index >= 15 is 0 Å². The summed E-state index contributed by atoms with van der Waals surface area (Å²) in [6.07, 6.45) is 0. The van der Waals surface area contributed by atoms with E-state index in [2.05, 4.69) is 120 Å². The Morgan fingerprint density at radius 2 is 1.32 bits per heavy atom. The highest BCUT2D eigenvalue weighted by Gasteiger charge is 2.28. The first-order valence-electron chi connectivity index (χ1n) is 13.7. The van der Waals surface area contributed by atoms with Gasteiger partial charge in [-0.15, -0.1) is 11.3 Å². The van der Waals surface area contributed by atoms with Crippen LogP contribution in [0, 0.1) is 0 Å². The lowest BCUT2D eigenvalue weighted by Crippen LogP contribution is -2.10. The van der Waals surface area contributed by atoms with E-state index < -0.39 is 0 Å². The highest BCUT2D eigenvalue weighted by molar-refractivity contribution is 7.19. The van der Waals surface area contributed by atoms with Gasteiger partial charge >= 0.3 is 0 Å². The zero-order valence-electron chi connectivity index (χ0n) is 21.9. The Balaban J connectivity index is 1.25. The summed E-state index contributed by atoms with van der Waals surface area (Å²) in [6.45, 7) is 0. The molecule has 8 aromatic rings. The van der Waals surface area contributed by atoms with Gasteiger partial charge in [0.1, 0.15) is 16.2 Å². The van der Waals surface area contributed by atoms with Crippen LogP contribution in [0.5, 0.6) is 0 Å². The molecule has 1 aliphatic carbocycles. The van der Waals surface area contributed by atoms with E-state index in [0.29, 0.717) is 0 Å². The first-order chi connectivity index (χ1) is 20.3. The van der Waals surface area contributed by atoms with Crippen LogP contribution in [0.2, 0.25) is 0 Å². The highest BCUT2D eigenvalue weighted by atomic mass is 32.1. The number of aromatic nitrogens is 1. The smallest absolute Gasteiger partial charge is 0.137 e. The van der Waals surface area contributed by atoms with E-state index in [1.165, 1.54) is 26.8 Å². The van der Waals surface area contributed by atoms with Crippen molar-refractivity contribution in [2.45, 2.75) is 0 Å². The third kappa shape index (κ3) is 3.35. The third-order valence-corrected chi connectivity index (χ3v) is 9.18. The van der Waals surface area contributed by atoms with Gasteiger partial charge < -0.3 is 9.32 Å². The lowest BCUT2D eigenvalue weighted by atomic mass is 10.0. The van der Waals surface area contributed by atoms with E-state index in [0.717, 1.165) is 55.3 Å². The van der Waals surface area contributed by atoms with Crippen molar-refractivity contribution in [2.75, 3.05) is 4.90 Å². The summed E-state index contributed by atoms with van der Waals surface area (Å²) < 4.78 is 6.30. The Morgan fingerprint density at radius 3 is 2.20 bits per heavy atom. The van der Waals surface area contributed by atoms with E-state index in [9.17, 15) is 0 Å². The molecule has 0 N–H and O–H groups in total. The number of hydrogen-bond acceptors (Lipinski definition) is 4. The molecule has 2 aromatic heterocycles.